The van der Waals surface area contributed by atoms with Crippen LogP contribution in [0.25, 0.3) is 5.57 Å². The predicted molar refractivity (Wildman–Crippen MR) is 105 cm³/mol. The van der Waals surface area contributed by atoms with E-state index in [0.29, 0.717) is 18.7 Å². The van der Waals surface area contributed by atoms with Gasteiger partial charge in [-0.25, -0.2) is 0 Å². The zero-order valence-electron chi connectivity index (χ0n) is 15.1. The van der Waals surface area contributed by atoms with Gasteiger partial charge in [-0.1, -0.05) is 0 Å². The fourth-order valence-electron chi connectivity index (χ4n) is 3.17. The van der Waals surface area contributed by atoms with Crippen molar-refractivity contribution in [2.24, 2.45) is 5.84 Å². The van der Waals surface area contributed by atoms with Gasteiger partial charge in [0.25, 0.3) is 0 Å². The van der Waals surface area contributed by atoms with Gasteiger partial charge in [0.1, 0.15) is 0 Å². The summed E-state index contributed by atoms with van der Waals surface area (Å²) in [6, 6.07) is 22.8. The van der Waals surface area contributed by atoms with Crippen LogP contribution in [-0.4, -0.2) is 16.5 Å². The Hall–Kier alpha value is -2.02. The normalized spacial score (nSPS) is 14.2. The number of rotatable bonds is 7. The average Bonchev–Trinajstić information content (AvgIpc) is 3.09. The van der Waals surface area contributed by atoms with Gasteiger partial charge in [0.05, 0.1) is 0 Å². The second-order valence-electron chi connectivity index (χ2n) is 6.29. The van der Waals surface area contributed by atoms with E-state index >= 15 is 0 Å². The van der Waals surface area contributed by atoms with Crippen LogP contribution in [0.15, 0.2) is 76.7 Å². The maximum atomic E-state index is 14.0. The Kier molecular flexibility index (Phi) is 6.20. The first-order valence-electron chi connectivity index (χ1n) is 8.85. The summed E-state index contributed by atoms with van der Waals surface area (Å²) in [5.41, 5.74) is 8.43. The standard InChI is InChI=1S/C21H21AtFN5/c23-21-16(7-6-12-25-21)14-28(27-26-24)15-17-13-22(18-8-2-1-3-9-18)20-11-5-4-10-19(17)20/h1-13,26-27H,14-15,24H2. The number of nitrogens with zero attached hydrogens (tertiary/aromatic N) is 2. The Bertz CT molecular complexity index is 979. The van der Waals surface area contributed by atoms with Crippen molar-refractivity contribution >= 4 is 12.1 Å². The third-order valence-corrected chi connectivity index (χ3v) is 12.1. The van der Waals surface area contributed by atoms with Crippen LogP contribution in [-0.2, 0) is 6.54 Å². The minimum atomic E-state index is -1.97. The molecule has 0 aliphatic carbocycles. The van der Waals surface area contributed by atoms with Crippen LogP contribution >= 0.6 is 0 Å². The number of halogens is 1. The monoisotopic (exact) mass is 572 g/mol. The summed E-state index contributed by atoms with van der Waals surface area (Å²) < 4.78 is 19.4. The molecule has 0 saturated carbocycles. The van der Waals surface area contributed by atoms with Gasteiger partial charge in [0.2, 0.25) is 0 Å². The number of hydrazine groups is 3. The summed E-state index contributed by atoms with van der Waals surface area (Å²) in [6.07, 6.45) is 1.45. The van der Waals surface area contributed by atoms with Crippen LogP contribution in [0.4, 0.5) is 4.39 Å². The van der Waals surface area contributed by atoms with Gasteiger partial charge in [-0.3, -0.25) is 0 Å². The SMILES string of the molecule is NNNN(CC1=C[At](c2ccccc2)c2ccccc21)Cc1cccnc1F. The van der Waals surface area contributed by atoms with Crippen LogP contribution in [0, 0.1) is 27.7 Å². The molecule has 0 spiro atoms. The molecule has 0 bridgehead atoms. The molecule has 1 aliphatic heterocycles. The third-order valence-electron chi connectivity index (χ3n) is 4.43. The first-order valence-corrected chi connectivity index (χ1v) is 13.5. The molecule has 7 heteroatoms. The summed E-state index contributed by atoms with van der Waals surface area (Å²) >= 11 is -1.97. The van der Waals surface area contributed by atoms with Gasteiger partial charge >= 0.3 is 172 Å². The number of nitrogens with one attached hydrogen (secondary N) is 2. The van der Waals surface area contributed by atoms with Crippen LogP contribution in [0.2, 0.25) is 0 Å². The molecular formula is C21H21AtFN5. The first-order chi connectivity index (χ1) is 13.8. The second-order valence-corrected chi connectivity index (χ2v) is 12.8. The number of benzene rings is 2. The van der Waals surface area contributed by atoms with Gasteiger partial charge in [0, 0.05) is 0 Å². The Morgan fingerprint density at radius 1 is 0.964 bits per heavy atom. The topological polar surface area (TPSA) is 66.2 Å². The molecule has 28 heavy (non-hydrogen) atoms. The van der Waals surface area contributed by atoms with Crippen LogP contribution in [0.1, 0.15) is 11.1 Å². The van der Waals surface area contributed by atoms with Crippen LogP contribution in [0.5, 0.6) is 0 Å². The van der Waals surface area contributed by atoms with Crippen molar-refractivity contribution in [2.45, 2.75) is 6.54 Å². The molecule has 5 nitrogen and oxygen atoms in total. The molecule has 2 aromatic carbocycles. The van der Waals surface area contributed by atoms with Crippen molar-refractivity contribution in [2.75, 3.05) is 6.54 Å². The van der Waals surface area contributed by atoms with Gasteiger partial charge < -0.3 is 0 Å². The maximum absolute atomic E-state index is 14.0. The minimum absolute atomic E-state index is 0.339. The molecule has 0 unspecified atom stereocenters. The van der Waals surface area contributed by atoms with Gasteiger partial charge in [-0.05, 0) is 0 Å². The summed E-state index contributed by atoms with van der Waals surface area (Å²) in [7, 11) is 0. The summed E-state index contributed by atoms with van der Waals surface area (Å²) in [5, 5.41) is 1.86. The Morgan fingerprint density at radius 2 is 1.75 bits per heavy atom. The van der Waals surface area contributed by atoms with E-state index < -0.39 is 27.7 Å². The fourth-order valence-corrected chi connectivity index (χ4v) is 10.8. The summed E-state index contributed by atoms with van der Waals surface area (Å²) in [4.78, 5) is 3.73. The summed E-state index contributed by atoms with van der Waals surface area (Å²) in [5.74, 6) is 5.02. The fraction of sp³-hybridized carbons (Fsp3) is 0.0952. The van der Waals surface area contributed by atoms with E-state index in [2.05, 4.69) is 74.4 Å². The molecule has 0 atom stereocenters. The van der Waals surface area contributed by atoms with E-state index in [0.717, 1.165) is 0 Å². The Morgan fingerprint density at radius 3 is 2.54 bits per heavy atom. The summed E-state index contributed by atoms with van der Waals surface area (Å²) in [6.45, 7) is 0.940. The third kappa shape index (κ3) is 4.19. The van der Waals surface area contributed by atoms with Gasteiger partial charge in [0.15, 0.2) is 0 Å². The molecule has 0 radical (unpaired) electrons. The molecule has 4 N–H and O–H groups in total. The zero-order valence-corrected chi connectivity index (χ0v) is 18.1. The zero-order chi connectivity index (χ0) is 19.3. The van der Waals surface area contributed by atoms with Gasteiger partial charge in [-0.2, -0.15) is 0 Å². The van der Waals surface area contributed by atoms with E-state index in [9.17, 15) is 4.39 Å². The quantitative estimate of drug-likeness (QED) is 0.228. The predicted octanol–water partition coefficient (Wildman–Crippen LogP) is 1.53. The van der Waals surface area contributed by atoms with Gasteiger partial charge in [-0.15, -0.1) is 0 Å². The number of nitrogens with two attached hydrogens (primary N) is 1. The number of pyridine rings is 1. The van der Waals surface area contributed by atoms with Crippen molar-refractivity contribution in [1.29, 1.82) is 0 Å². The first kappa shape index (κ1) is 19.3. The number of fused-ring (bicyclic) bond motifs is 1. The molecule has 144 valence electrons. The van der Waals surface area contributed by atoms with Crippen molar-refractivity contribution in [1.82, 2.24) is 21.1 Å². The van der Waals surface area contributed by atoms with Crippen molar-refractivity contribution < 1.29 is 26.1 Å². The number of aromatic nitrogens is 1. The Labute approximate surface area is 171 Å². The average molecular weight is 572 g/mol. The number of hydrogen-bond donors (Lipinski definition) is 3. The molecule has 1 aliphatic rings. The second kappa shape index (κ2) is 8.99. The van der Waals surface area contributed by atoms with E-state index in [1.807, 2.05) is 5.01 Å². The van der Waals surface area contributed by atoms with Crippen LogP contribution < -0.4 is 23.5 Å². The molecule has 3 aromatic rings. The van der Waals surface area contributed by atoms with Crippen molar-refractivity contribution in [3.63, 3.8) is 0 Å². The van der Waals surface area contributed by atoms with Crippen molar-refractivity contribution in [3.8, 4) is 0 Å². The molecule has 1 aromatic heterocycles. The van der Waals surface area contributed by atoms with E-state index in [1.165, 1.54) is 23.9 Å². The molecule has 0 saturated heterocycles. The molecule has 0 amide bonds. The number of hydrogen-bond acceptors (Lipinski definition) is 5. The Balaban J connectivity index is 1.62. The van der Waals surface area contributed by atoms with Crippen molar-refractivity contribution in [3.05, 3.63) is 93.8 Å². The van der Waals surface area contributed by atoms with E-state index in [-0.39, 0.29) is 0 Å². The van der Waals surface area contributed by atoms with E-state index in [4.69, 9.17) is 5.84 Å². The van der Waals surface area contributed by atoms with E-state index in [1.54, 1.807) is 12.1 Å². The molecular weight excluding hydrogens is 551 g/mol. The molecule has 0 fully saturated rings. The molecule has 2 heterocycles. The van der Waals surface area contributed by atoms with Crippen LogP contribution in [0.3, 0.4) is 0 Å². The molecule has 4 rings (SSSR count).